The van der Waals surface area contributed by atoms with E-state index in [1.807, 2.05) is 30.1 Å². The van der Waals surface area contributed by atoms with E-state index in [0.29, 0.717) is 12.5 Å². The van der Waals surface area contributed by atoms with Crippen LogP contribution in [0.15, 0.2) is 60.7 Å². The minimum absolute atomic E-state index is 0.158. The molecule has 1 aliphatic heterocycles. The first kappa shape index (κ1) is 16.7. The van der Waals surface area contributed by atoms with Gasteiger partial charge in [-0.1, -0.05) is 60.7 Å². The Bertz CT molecular complexity index is 641. The fraction of sp³-hybridized carbons (Fsp3) is 0.381. The fourth-order valence-electron chi connectivity index (χ4n) is 3.65. The summed E-state index contributed by atoms with van der Waals surface area (Å²) in [4.78, 5) is 16.2. The second-order valence-corrected chi connectivity index (χ2v) is 6.89. The number of carbonyl (C=O) groups excluding carboxylic acids is 1. The standard InChI is InChI=1S/C21H26N2O/c1-22(15-18-9-4-2-5-10-18)21(24)20-13-8-14-23(17-20)16-19-11-6-3-7-12-19/h2-7,9-12,20H,8,13-17H2,1H3/p+1/t20-/m0/s1. The summed E-state index contributed by atoms with van der Waals surface area (Å²) in [7, 11) is 1.93. The van der Waals surface area contributed by atoms with E-state index in [0.717, 1.165) is 25.9 Å². The summed E-state index contributed by atoms with van der Waals surface area (Å²) in [6, 6.07) is 20.8. The SMILES string of the molecule is CN(Cc1ccccc1)C(=O)[C@H]1CCC[NH+](Cc2ccccc2)C1. The third-order valence-corrected chi connectivity index (χ3v) is 4.90. The predicted molar refractivity (Wildman–Crippen MR) is 96.5 cm³/mol. The molecular weight excluding hydrogens is 296 g/mol. The summed E-state index contributed by atoms with van der Waals surface area (Å²) in [5.74, 6) is 0.454. The van der Waals surface area contributed by atoms with E-state index < -0.39 is 0 Å². The lowest BCUT2D eigenvalue weighted by atomic mass is 9.96. The molecule has 3 heteroatoms. The third kappa shape index (κ3) is 4.45. The van der Waals surface area contributed by atoms with Gasteiger partial charge in [0, 0.05) is 19.2 Å². The van der Waals surface area contributed by atoms with E-state index >= 15 is 0 Å². The van der Waals surface area contributed by atoms with E-state index in [1.165, 1.54) is 22.6 Å². The van der Waals surface area contributed by atoms with Crippen LogP contribution in [-0.4, -0.2) is 30.9 Å². The quantitative estimate of drug-likeness (QED) is 0.896. The monoisotopic (exact) mass is 323 g/mol. The third-order valence-electron chi connectivity index (χ3n) is 4.90. The van der Waals surface area contributed by atoms with Gasteiger partial charge >= 0.3 is 0 Å². The zero-order valence-electron chi connectivity index (χ0n) is 14.4. The van der Waals surface area contributed by atoms with Crippen LogP contribution < -0.4 is 4.90 Å². The van der Waals surface area contributed by atoms with Crippen molar-refractivity contribution in [2.75, 3.05) is 20.1 Å². The molecule has 2 aromatic carbocycles. The molecule has 126 valence electrons. The van der Waals surface area contributed by atoms with Gasteiger partial charge in [0.05, 0.1) is 19.0 Å². The second kappa shape index (κ2) is 8.11. The zero-order chi connectivity index (χ0) is 16.8. The summed E-state index contributed by atoms with van der Waals surface area (Å²) >= 11 is 0. The number of hydrogen-bond donors (Lipinski definition) is 1. The first-order valence-corrected chi connectivity index (χ1v) is 8.89. The van der Waals surface area contributed by atoms with Crippen molar-refractivity contribution in [3.05, 3.63) is 71.8 Å². The molecule has 0 spiro atoms. The summed E-state index contributed by atoms with van der Waals surface area (Å²) in [6.45, 7) is 3.84. The van der Waals surface area contributed by atoms with Gasteiger partial charge in [0.25, 0.3) is 0 Å². The molecule has 3 rings (SSSR count). The molecule has 1 aliphatic rings. The number of benzene rings is 2. The van der Waals surface area contributed by atoms with E-state index in [4.69, 9.17) is 0 Å². The number of nitrogens with one attached hydrogen (secondary N) is 1. The molecule has 1 unspecified atom stereocenters. The first-order valence-electron chi connectivity index (χ1n) is 8.89. The van der Waals surface area contributed by atoms with E-state index in [1.54, 1.807) is 0 Å². The number of quaternary nitrogens is 1. The molecule has 1 heterocycles. The van der Waals surface area contributed by atoms with E-state index in [-0.39, 0.29) is 5.92 Å². The van der Waals surface area contributed by atoms with Crippen LogP contribution in [0.25, 0.3) is 0 Å². The van der Waals surface area contributed by atoms with Gasteiger partial charge in [-0.3, -0.25) is 4.79 Å². The Hall–Kier alpha value is -2.13. The number of carbonyl (C=O) groups is 1. The molecule has 0 aliphatic carbocycles. The highest BCUT2D eigenvalue weighted by molar-refractivity contribution is 5.78. The molecule has 0 radical (unpaired) electrons. The normalized spacial score (nSPS) is 20.5. The maximum atomic E-state index is 12.8. The molecule has 24 heavy (non-hydrogen) atoms. The molecule has 0 aromatic heterocycles. The Morgan fingerprint density at radius 1 is 1.04 bits per heavy atom. The van der Waals surface area contributed by atoms with Crippen molar-refractivity contribution in [3.8, 4) is 0 Å². The number of likely N-dealkylation sites (tertiary alicyclic amines) is 1. The largest absolute Gasteiger partial charge is 0.341 e. The van der Waals surface area contributed by atoms with Gasteiger partial charge in [-0.05, 0) is 18.4 Å². The van der Waals surface area contributed by atoms with Crippen LogP contribution in [-0.2, 0) is 17.9 Å². The van der Waals surface area contributed by atoms with Crippen molar-refractivity contribution in [2.45, 2.75) is 25.9 Å². The van der Waals surface area contributed by atoms with Crippen LogP contribution in [0, 0.1) is 5.92 Å². The number of hydrogen-bond acceptors (Lipinski definition) is 1. The van der Waals surface area contributed by atoms with Crippen LogP contribution in [0.5, 0.6) is 0 Å². The molecular formula is C21H27N2O+. The molecule has 0 saturated carbocycles. The Kier molecular flexibility index (Phi) is 5.65. The Labute approximate surface area is 144 Å². The molecule has 1 N–H and O–H groups in total. The van der Waals surface area contributed by atoms with Crippen molar-refractivity contribution in [2.24, 2.45) is 5.92 Å². The van der Waals surface area contributed by atoms with Crippen LogP contribution in [0.3, 0.4) is 0 Å². The number of rotatable bonds is 5. The lowest BCUT2D eigenvalue weighted by Crippen LogP contribution is -3.12. The summed E-state index contributed by atoms with van der Waals surface area (Å²) in [5, 5.41) is 0. The molecule has 3 nitrogen and oxygen atoms in total. The molecule has 1 fully saturated rings. The van der Waals surface area contributed by atoms with Gasteiger partial charge in [0.15, 0.2) is 0 Å². The zero-order valence-corrected chi connectivity index (χ0v) is 14.4. The number of nitrogens with zero attached hydrogens (tertiary/aromatic N) is 1. The molecule has 2 atom stereocenters. The molecule has 2 aromatic rings. The summed E-state index contributed by atoms with van der Waals surface area (Å²) in [6.07, 6.45) is 2.16. The van der Waals surface area contributed by atoms with Gasteiger partial charge < -0.3 is 9.80 Å². The molecule has 1 amide bonds. The lowest BCUT2D eigenvalue weighted by molar-refractivity contribution is -0.921. The first-order chi connectivity index (χ1) is 11.7. The van der Waals surface area contributed by atoms with Crippen molar-refractivity contribution in [3.63, 3.8) is 0 Å². The van der Waals surface area contributed by atoms with Gasteiger partial charge in [-0.25, -0.2) is 0 Å². The van der Waals surface area contributed by atoms with Crippen LogP contribution in [0.1, 0.15) is 24.0 Å². The Morgan fingerprint density at radius 3 is 2.33 bits per heavy atom. The average molecular weight is 323 g/mol. The second-order valence-electron chi connectivity index (χ2n) is 6.89. The van der Waals surface area contributed by atoms with E-state index in [9.17, 15) is 4.79 Å². The van der Waals surface area contributed by atoms with Gasteiger partial charge in [-0.15, -0.1) is 0 Å². The fourth-order valence-corrected chi connectivity index (χ4v) is 3.65. The van der Waals surface area contributed by atoms with Crippen LogP contribution in [0.2, 0.25) is 0 Å². The highest BCUT2D eigenvalue weighted by Gasteiger charge is 2.30. The van der Waals surface area contributed by atoms with Crippen molar-refractivity contribution >= 4 is 5.91 Å². The van der Waals surface area contributed by atoms with Gasteiger partial charge in [0.1, 0.15) is 6.54 Å². The van der Waals surface area contributed by atoms with Crippen LogP contribution >= 0.6 is 0 Å². The average Bonchev–Trinajstić information content (AvgIpc) is 2.63. The van der Waals surface area contributed by atoms with Crippen molar-refractivity contribution in [1.29, 1.82) is 0 Å². The lowest BCUT2D eigenvalue weighted by Gasteiger charge is -2.31. The predicted octanol–water partition coefficient (Wildman–Crippen LogP) is 2.14. The van der Waals surface area contributed by atoms with Gasteiger partial charge in [-0.2, -0.15) is 0 Å². The Balaban J connectivity index is 1.56. The highest BCUT2D eigenvalue weighted by atomic mass is 16.2. The summed E-state index contributed by atoms with van der Waals surface area (Å²) < 4.78 is 0. The Morgan fingerprint density at radius 2 is 1.67 bits per heavy atom. The smallest absolute Gasteiger partial charge is 0.231 e. The minimum Gasteiger partial charge on any atom is -0.341 e. The molecule has 1 saturated heterocycles. The van der Waals surface area contributed by atoms with Crippen LogP contribution in [0.4, 0.5) is 0 Å². The van der Waals surface area contributed by atoms with Crippen molar-refractivity contribution < 1.29 is 9.69 Å². The van der Waals surface area contributed by atoms with E-state index in [2.05, 4.69) is 42.5 Å². The minimum atomic E-state index is 0.158. The van der Waals surface area contributed by atoms with Gasteiger partial charge in [0.2, 0.25) is 5.91 Å². The maximum Gasteiger partial charge on any atom is 0.231 e. The maximum absolute atomic E-state index is 12.8. The highest BCUT2D eigenvalue weighted by Crippen LogP contribution is 2.13. The topological polar surface area (TPSA) is 24.8 Å². The number of amides is 1. The molecule has 0 bridgehead atoms. The van der Waals surface area contributed by atoms with Crippen molar-refractivity contribution in [1.82, 2.24) is 4.90 Å². The summed E-state index contributed by atoms with van der Waals surface area (Å²) in [5.41, 5.74) is 2.55. The number of piperidine rings is 1.